The lowest BCUT2D eigenvalue weighted by Gasteiger charge is -2.08. The number of aromatic nitrogens is 2. The summed E-state index contributed by atoms with van der Waals surface area (Å²) in [6.45, 7) is 0.0321. The molecule has 0 bridgehead atoms. The van der Waals surface area contributed by atoms with Crippen molar-refractivity contribution in [1.29, 1.82) is 0 Å². The summed E-state index contributed by atoms with van der Waals surface area (Å²) in [5.41, 5.74) is 0.281. The average molecular weight is 358 g/mol. The Hall–Kier alpha value is -2.86. The second-order valence-corrected chi connectivity index (χ2v) is 5.97. The number of amides is 1. The van der Waals surface area contributed by atoms with Crippen molar-refractivity contribution in [1.82, 2.24) is 14.9 Å². The lowest BCUT2D eigenvalue weighted by atomic mass is 10.1. The quantitative estimate of drug-likeness (QED) is 0.729. The van der Waals surface area contributed by atoms with Crippen molar-refractivity contribution in [3.63, 3.8) is 0 Å². The van der Waals surface area contributed by atoms with Gasteiger partial charge in [-0.1, -0.05) is 41.9 Å². The fraction of sp³-hybridized carbons (Fsp3) is 0.167. The maximum atomic E-state index is 12.4. The summed E-state index contributed by atoms with van der Waals surface area (Å²) < 4.78 is 0.896. The van der Waals surface area contributed by atoms with Crippen LogP contribution in [0.25, 0.3) is 10.9 Å². The van der Waals surface area contributed by atoms with Gasteiger partial charge in [0.15, 0.2) is 0 Å². The smallest absolute Gasteiger partial charge is 0.329 e. The van der Waals surface area contributed by atoms with Gasteiger partial charge in [-0.25, -0.2) is 4.79 Å². The second-order valence-electron chi connectivity index (χ2n) is 5.56. The van der Waals surface area contributed by atoms with Gasteiger partial charge in [-0.2, -0.15) is 0 Å². The Bertz CT molecular complexity index is 1040. The number of halogens is 1. The molecule has 7 heteroatoms. The molecule has 0 aliphatic carbocycles. The third-order valence-corrected chi connectivity index (χ3v) is 4.23. The molecule has 0 unspecified atom stereocenters. The standard InChI is InChI=1S/C18H16ClN3O3/c19-14-7-3-1-5-12(14)9-10-20-16(23)11-22-17(24)13-6-2-4-8-15(13)21-18(22)25/h1-8H,9-11H2,(H,20,23)(H,21,25). The van der Waals surface area contributed by atoms with E-state index in [1.807, 2.05) is 18.2 Å². The van der Waals surface area contributed by atoms with E-state index in [-0.39, 0.29) is 6.54 Å². The molecular formula is C18H16ClN3O3. The third-order valence-electron chi connectivity index (χ3n) is 3.87. The molecule has 2 N–H and O–H groups in total. The normalized spacial score (nSPS) is 10.8. The van der Waals surface area contributed by atoms with E-state index in [0.29, 0.717) is 28.9 Å². The highest BCUT2D eigenvalue weighted by Crippen LogP contribution is 2.14. The molecule has 3 rings (SSSR count). The number of aromatic amines is 1. The molecule has 128 valence electrons. The van der Waals surface area contributed by atoms with Gasteiger partial charge in [-0.3, -0.25) is 14.2 Å². The number of carbonyl (C=O) groups excluding carboxylic acids is 1. The van der Waals surface area contributed by atoms with Crippen molar-refractivity contribution < 1.29 is 4.79 Å². The maximum absolute atomic E-state index is 12.4. The van der Waals surface area contributed by atoms with Crippen LogP contribution in [0.15, 0.2) is 58.1 Å². The van der Waals surface area contributed by atoms with E-state index in [4.69, 9.17) is 11.6 Å². The van der Waals surface area contributed by atoms with Crippen LogP contribution >= 0.6 is 11.6 Å². The molecule has 0 saturated heterocycles. The van der Waals surface area contributed by atoms with Gasteiger partial charge in [-0.15, -0.1) is 0 Å². The monoisotopic (exact) mass is 357 g/mol. The van der Waals surface area contributed by atoms with Gasteiger partial charge in [0.2, 0.25) is 5.91 Å². The Labute approximate surface area is 148 Å². The zero-order chi connectivity index (χ0) is 17.8. The van der Waals surface area contributed by atoms with E-state index in [9.17, 15) is 14.4 Å². The van der Waals surface area contributed by atoms with Crippen molar-refractivity contribution in [3.05, 3.63) is 80.0 Å². The molecule has 0 fully saturated rings. The Balaban J connectivity index is 1.69. The van der Waals surface area contributed by atoms with Gasteiger partial charge < -0.3 is 10.3 Å². The molecular weight excluding hydrogens is 342 g/mol. The Kier molecular flexibility index (Phi) is 5.00. The fourth-order valence-corrected chi connectivity index (χ4v) is 2.81. The minimum absolute atomic E-state index is 0.332. The van der Waals surface area contributed by atoms with Gasteiger partial charge in [0, 0.05) is 11.6 Å². The van der Waals surface area contributed by atoms with Crippen LogP contribution < -0.4 is 16.6 Å². The molecule has 0 saturated carbocycles. The molecule has 1 aromatic heterocycles. The van der Waals surface area contributed by atoms with Crippen LogP contribution in [0.5, 0.6) is 0 Å². The molecule has 3 aromatic rings. The molecule has 0 radical (unpaired) electrons. The molecule has 0 aliphatic rings. The first-order valence-electron chi connectivity index (χ1n) is 7.78. The fourth-order valence-electron chi connectivity index (χ4n) is 2.58. The molecule has 1 heterocycles. The topological polar surface area (TPSA) is 84.0 Å². The summed E-state index contributed by atoms with van der Waals surface area (Å²) in [4.78, 5) is 39.1. The highest BCUT2D eigenvalue weighted by molar-refractivity contribution is 6.31. The first-order chi connectivity index (χ1) is 12.1. The maximum Gasteiger partial charge on any atom is 0.329 e. The Morgan fingerprint density at radius 2 is 1.80 bits per heavy atom. The molecule has 25 heavy (non-hydrogen) atoms. The summed E-state index contributed by atoms with van der Waals surface area (Å²) in [5.74, 6) is -0.407. The van der Waals surface area contributed by atoms with E-state index >= 15 is 0 Å². The van der Waals surface area contributed by atoms with Crippen LogP contribution in [-0.4, -0.2) is 22.0 Å². The van der Waals surface area contributed by atoms with E-state index in [1.54, 1.807) is 30.3 Å². The summed E-state index contributed by atoms with van der Waals surface area (Å²) >= 11 is 6.06. The van der Waals surface area contributed by atoms with Crippen LogP contribution in [0.1, 0.15) is 5.56 Å². The van der Waals surface area contributed by atoms with Crippen molar-refractivity contribution in [3.8, 4) is 0 Å². The number of benzene rings is 2. The SMILES string of the molecule is O=C(Cn1c(=O)[nH]c2ccccc2c1=O)NCCc1ccccc1Cl. The highest BCUT2D eigenvalue weighted by Gasteiger charge is 2.11. The van der Waals surface area contributed by atoms with Crippen LogP contribution in [0.3, 0.4) is 0 Å². The summed E-state index contributed by atoms with van der Waals surface area (Å²) in [6, 6.07) is 14.1. The van der Waals surface area contributed by atoms with E-state index in [1.165, 1.54) is 0 Å². The average Bonchev–Trinajstić information content (AvgIpc) is 2.60. The second kappa shape index (κ2) is 7.36. The highest BCUT2D eigenvalue weighted by atomic mass is 35.5. The number of fused-ring (bicyclic) bond motifs is 1. The lowest BCUT2D eigenvalue weighted by molar-refractivity contribution is -0.121. The van der Waals surface area contributed by atoms with E-state index in [0.717, 1.165) is 10.1 Å². The number of nitrogens with zero attached hydrogens (tertiary/aromatic N) is 1. The van der Waals surface area contributed by atoms with Crippen LogP contribution in [0.4, 0.5) is 0 Å². The number of hydrogen-bond donors (Lipinski definition) is 2. The predicted octanol–water partition coefficient (Wildman–Crippen LogP) is 1.70. The van der Waals surface area contributed by atoms with Gasteiger partial charge in [-0.05, 0) is 30.2 Å². The van der Waals surface area contributed by atoms with Crippen LogP contribution in [-0.2, 0) is 17.8 Å². The molecule has 0 spiro atoms. The number of carbonyl (C=O) groups is 1. The summed E-state index contributed by atoms with van der Waals surface area (Å²) in [7, 11) is 0. The van der Waals surface area contributed by atoms with Crippen molar-refractivity contribution >= 4 is 28.4 Å². The zero-order valence-electron chi connectivity index (χ0n) is 13.3. The number of H-pyrrole nitrogens is 1. The predicted molar refractivity (Wildman–Crippen MR) is 97.0 cm³/mol. The van der Waals surface area contributed by atoms with E-state index in [2.05, 4.69) is 10.3 Å². The minimum atomic E-state index is -0.607. The van der Waals surface area contributed by atoms with Crippen molar-refractivity contribution in [2.24, 2.45) is 0 Å². The van der Waals surface area contributed by atoms with Gasteiger partial charge in [0.25, 0.3) is 5.56 Å². The molecule has 0 aliphatic heterocycles. The lowest BCUT2D eigenvalue weighted by Crippen LogP contribution is -2.41. The van der Waals surface area contributed by atoms with Crippen molar-refractivity contribution in [2.45, 2.75) is 13.0 Å². The largest absolute Gasteiger partial charge is 0.354 e. The van der Waals surface area contributed by atoms with Crippen LogP contribution in [0.2, 0.25) is 5.02 Å². The third kappa shape index (κ3) is 3.80. The number of rotatable bonds is 5. The number of nitrogens with one attached hydrogen (secondary N) is 2. The van der Waals surface area contributed by atoms with Gasteiger partial charge >= 0.3 is 5.69 Å². The molecule has 2 aromatic carbocycles. The minimum Gasteiger partial charge on any atom is -0.354 e. The Morgan fingerprint density at radius 3 is 2.60 bits per heavy atom. The first kappa shape index (κ1) is 17.0. The van der Waals surface area contributed by atoms with Gasteiger partial charge in [0.05, 0.1) is 10.9 Å². The molecule has 1 amide bonds. The van der Waals surface area contributed by atoms with Gasteiger partial charge in [0.1, 0.15) is 6.54 Å². The summed E-state index contributed by atoms with van der Waals surface area (Å²) in [5, 5.41) is 3.70. The zero-order valence-corrected chi connectivity index (χ0v) is 14.0. The number of hydrogen-bond acceptors (Lipinski definition) is 3. The first-order valence-corrected chi connectivity index (χ1v) is 8.16. The molecule has 0 atom stereocenters. The number of para-hydroxylation sites is 1. The summed E-state index contributed by atoms with van der Waals surface area (Å²) in [6.07, 6.45) is 0.564. The van der Waals surface area contributed by atoms with Crippen LogP contribution in [0, 0.1) is 0 Å². The van der Waals surface area contributed by atoms with E-state index < -0.39 is 17.2 Å². The molecule has 6 nitrogen and oxygen atoms in total. The Morgan fingerprint density at radius 1 is 1.08 bits per heavy atom. The van der Waals surface area contributed by atoms with Crippen molar-refractivity contribution in [2.75, 3.05) is 6.54 Å².